The minimum atomic E-state index is -0.969. The van der Waals surface area contributed by atoms with Crippen LogP contribution in [-0.2, 0) is 29.2 Å². The van der Waals surface area contributed by atoms with E-state index in [4.69, 9.17) is 16.9 Å². The third kappa shape index (κ3) is 7.31. The summed E-state index contributed by atoms with van der Waals surface area (Å²) in [6, 6.07) is 11.0. The van der Waals surface area contributed by atoms with Crippen LogP contribution in [0, 0.1) is 11.3 Å². The maximum Gasteiger partial charge on any atom is 0.262 e. The Morgan fingerprint density at radius 3 is 2.20 bits per heavy atom. The third-order valence-electron chi connectivity index (χ3n) is 12.0. The number of carbonyl (C=O) groups excluding carboxylic acids is 5. The van der Waals surface area contributed by atoms with Gasteiger partial charge in [-0.1, -0.05) is 11.6 Å². The summed E-state index contributed by atoms with van der Waals surface area (Å²) in [5.41, 5.74) is 4.58. The molecule has 2 aromatic carbocycles. The van der Waals surface area contributed by atoms with Gasteiger partial charge in [-0.15, -0.1) is 0 Å². The number of nitrogens with one attached hydrogen (secondary N) is 2. The van der Waals surface area contributed by atoms with E-state index in [1.807, 2.05) is 31.3 Å². The number of nitrogens with zero attached hydrogens (tertiary/aromatic N) is 7. The van der Waals surface area contributed by atoms with Crippen molar-refractivity contribution in [3.05, 3.63) is 87.0 Å². The quantitative estimate of drug-likeness (QED) is 0.322. The number of piperidine rings is 2. The molecule has 1 unspecified atom stereocenters. The van der Waals surface area contributed by atoms with Gasteiger partial charge in [-0.05, 0) is 86.4 Å². The summed E-state index contributed by atoms with van der Waals surface area (Å²) in [6.07, 6.45) is 8.91. The Morgan fingerprint density at radius 2 is 1.60 bits per heavy atom. The fraction of sp³-hybridized carbons (Fsp3) is 0.450. The van der Waals surface area contributed by atoms with Crippen LogP contribution in [0.2, 0.25) is 5.02 Å². The summed E-state index contributed by atoms with van der Waals surface area (Å²) in [7, 11) is 2.04. The predicted molar refractivity (Wildman–Crippen MR) is 201 cm³/mol. The number of likely N-dealkylation sites (tertiary alicyclic amines) is 1. The number of imide groups is 2. The second-order valence-corrected chi connectivity index (χ2v) is 15.7. The number of hydrogen-bond acceptors (Lipinski definition) is 11. The molecular formula is C40H42ClN9O5. The van der Waals surface area contributed by atoms with Crippen molar-refractivity contribution in [1.82, 2.24) is 35.3 Å². The van der Waals surface area contributed by atoms with Crippen LogP contribution >= 0.6 is 11.6 Å². The van der Waals surface area contributed by atoms with Crippen molar-refractivity contribution in [2.75, 3.05) is 25.0 Å². The topological polar surface area (TPSA) is 172 Å². The van der Waals surface area contributed by atoms with Crippen LogP contribution in [0.3, 0.4) is 0 Å². The van der Waals surface area contributed by atoms with Crippen LogP contribution in [0.4, 0.5) is 5.69 Å². The maximum absolute atomic E-state index is 13.3. The summed E-state index contributed by atoms with van der Waals surface area (Å²) >= 11 is 6.25. The third-order valence-corrected chi connectivity index (χ3v) is 12.3. The molecule has 0 spiro atoms. The van der Waals surface area contributed by atoms with Crippen LogP contribution in [0.15, 0.2) is 42.7 Å². The van der Waals surface area contributed by atoms with E-state index in [0.717, 1.165) is 73.3 Å². The number of anilines is 1. The summed E-state index contributed by atoms with van der Waals surface area (Å²) in [5.74, 6) is -1.45. The smallest absolute Gasteiger partial charge is 0.262 e. The average Bonchev–Trinajstić information content (AvgIpc) is 3.71. The molecule has 284 valence electrons. The van der Waals surface area contributed by atoms with Crippen LogP contribution in [-0.4, -0.2) is 98.5 Å². The molecule has 1 atom stereocenters. The molecule has 55 heavy (non-hydrogen) atoms. The van der Waals surface area contributed by atoms with Crippen molar-refractivity contribution in [3.63, 3.8) is 0 Å². The minimum absolute atomic E-state index is 0.0762. The number of rotatable bonds is 8. The number of hydrogen-bond donors (Lipinski definition) is 2. The van der Waals surface area contributed by atoms with E-state index in [2.05, 4.69) is 41.4 Å². The van der Waals surface area contributed by atoms with E-state index in [-0.39, 0.29) is 24.8 Å². The van der Waals surface area contributed by atoms with Gasteiger partial charge in [0.25, 0.3) is 17.7 Å². The highest BCUT2D eigenvalue weighted by atomic mass is 35.5. The van der Waals surface area contributed by atoms with Gasteiger partial charge in [-0.25, -0.2) is 9.97 Å². The van der Waals surface area contributed by atoms with Gasteiger partial charge in [0.1, 0.15) is 17.9 Å². The molecule has 1 saturated carbocycles. The maximum atomic E-state index is 13.3. The summed E-state index contributed by atoms with van der Waals surface area (Å²) in [6.45, 7) is 3.71. The molecular weight excluding hydrogens is 722 g/mol. The first-order valence-corrected chi connectivity index (χ1v) is 19.3. The van der Waals surface area contributed by atoms with Gasteiger partial charge in [0.15, 0.2) is 0 Å². The zero-order valence-corrected chi connectivity index (χ0v) is 31.3. The van der Waals surface area contributed by atoms with Crippen molar-refractivity contribution in [3.8, 4) is 6.07 Å². The molecule has 1 aromatic heterocycles. The number of halogens is 1. The van der Waals surface area contributed by atoms with E-state index >= 15 is 0 Å². The van der Waals surface area contributed by atoms with Crippen molar-refractivity contribution in [2.24, 2.45) is 0 Å². The van der Waals surface area contributed by atoms with Gasteiger partial charge in [0.2, 0.25) is 11.8 Å². The molecule has 5 amide bonds. The molecule has 3 fully saturated rings. The van der Waals surface area contributed by atoms with E-state index in [1.54, 1.807) is 18.5 Å². The normalized spacial score (nSPS) is 23.3. The van der Waals surface area contributed by atoms with Crippen LogP contribution in [0.1, 0.15) is 105 Å². The Hall–Kier alpha value is -5.23. The minimum Gasteiger partial charge on any atom is -0.372 e. The molecule has 5 heterocycles. The molecule has 1 aliphatic carbocycles. The Labute approximate surface area is 323 Å². The first-order valence-electron chi connectivity index (χ1n) is 18.9. The molecule has 0 radical (unpaired) electrons. The zero-order valence-electron chi connectivity index (χ0n) is 30.6. The van der Waals surface area contributed by atoms with Crippen molar-refractivity contribution in [1.29, 1.82) is 5.26 Å². The standard InChI is InChI=1S/C40H42ClN9O5/c1-47(30-5-2-23(17-42)33(41)16-30)28-6-3-27(4-7-28)45-37(52)26-18-43-35(44-19-26)22-48-12-10-29(11-13-48)49-20-24-14-31-32(15-25(24)21-49)40(55)50(39(31)54)34-8-9-36(51)46-38(34)53/h2,5,14-16,18-19,27-29,34H,3-4,6-13,20-22H2,1H3,(H,45,52)(H,46,51,53)/t27-,28-,34?. The lowest BCUT2D eigenvalue weighted by molar-refractivity contribution is -0.136. The monoisotopic (exact) mass is 763 g/mol. The number of fused-ring (bicyclic) bond motifs is 2. The van der Waals surface area contributed by atoms with Crippen LogP contribution < -0.4 is 15.5 Å². The van der Waals surface area contributed by atoms with Crippen molar-refractivity contribution in [2.45, 2.75) is 95.2 Å². The van der Waals surface area contributed by atoms with Gasteiger partial charge >= 0.3 is 0 Å². The number of amides is 5. The van der Waals surface area contributed by atoms with Crippen molar-refractivity contribution >= 4 is 46.8 Å². The Balaban J connectivity index is 0.784. The second-order valence-electron chi connectivity index (χ2n) is 15.3. The summed E-state index contributed by atoms with van der Waals surface area (Å²) in [5, 5.41) is 15.0. The number of carbonyl (C=O) groups is 5. The molecule has 5 aliphatic rings. The average molecular weight is 764 g/mol. The first-order chi connectivity index (χ1) is 26.6. The van der Waals surface area contributed by atoms with E-state index in [0.29, 0.717) is 64.8 Å². The zero-order chi connectivity index (χ0) is 38.4. The van der Waals surface area contributed by atoms with E-state index in [9.17, 15) is 24.0 Å². The number of nitriles is 1. The Kier molecular flexibility index (Phi) is 10.1. The van der Waals surface area contributed by atoms with E-state index < -0.39 is 29.7 Å². The molecule has 8 rings (SSSR count). The van der Waals surface area contributed by atoms with Gasteiger partial charge < -0.3 is 10.2 Å². The van der Waals surface area contributed by atoms with Crippen LogP contribution in [0.5, 0.6) is 0 Å². The SMILES string of the molecule is CN(c1ccc(C#N)c(Cl)c1)[C@H]1CC[C@H](NC(=O)c2cnc(CN3CCC(N4Cc5cc6c(cc5C4)C(=O)N(C4CCC(=O)NC4=O)C6=O)CC3)nc2)CC1. The fourth-order valence-corrected chi connectivity index (χ4v) is 8.97. The summed E-state index contributed by atoms with van der Waals surface area (Å²) < 4.78 is 0. The number of aromatic nitrogens is 2. The largest absolute Gasteiger partial charge is 0.372 e. The van der Waals surface area contributed by atoms with Crippen LogP contribution in [0.25, 0.3) is 0 Å². The molecule has 2 saturated heterocycles. The second kappa shape index (κ2) is 15.1. The van der Waals surface area contributed by atoms with Gasteiger partial charge in [0, 0.05) is 75.9 Å². The lowest BCUT2D eigenvalue weighted by Gasteiger charge is -2.36. The van der Waals surface area contributed by atoms with Gasteiger partial charge in [-0.2, -0.15) is 5.26 Å². The van der Waals surface area contributed by atoms with Gasteiger partial charge in [0.05, 0.1) is 33.8 Å². The molecule has 0 bridgehead atoms. The highest BCUT2D eigenvalue weighted by Gasteiger charge is 2.45. The Bertz CT molecular complexity index is 2060. The summed E-state index contributed by atoms with van der Waals surface area (Å²) in [4.78, 5) is 80.7. The lowest BCUT2D eigenvalue weighted by atomic mass is 9.90. The molecule has 15 heteroatoms. The predicted octanol–water partition coefficient (Wildman–Crippen LogP) is 3.56. The molecule has 4 aliphatic heterocycles. The number of benzene rings is 2. The van der Waals surface area contributed by atoms with Crippen molar-refractivity contribution < 1.29 is 24.0 Å². The molecule has 14 nitrogen and oxygen atoms in total. The molecule has 2 N–H and O–H groups in total. The highest BCUT2D eigenvalue weighted by molar-refractivity contribution is 6.32. The molecule has 3 aromatic rings. The first kappa shape index (κ1) is 36.7. The van der Waals surface area contributed by atoms with E-state index in [1.165, 1.54) is 0 Å². The Morgan fingerprint density at radius 1 is 0.945 bits per heavy atom. The fourth-order valence-electron chi connectivity index (χ4n) is 8.75. The van der Waals surface area contributed by atoms with Gasteiger partial charge in [-0.3, -0.25) is 44.0 Å². The highest BCUT2D eigenvalue weighted by Crippen LogP contribution is 2.35. The lowest BCUT2D eigenvalue weighted by Crippen LogP contribution is -2.54.